The Balaban J connectivity index is 4.06. The summed E-state index contributed by atoms with van der Waals surface area (Å²) in [6, 6.07) is 0. The van der Waals surface area contributed by atoms with E-state index in [-0.39, 0.29) is 5.17 Å². The summed E-state index contributed by atoms with van der Waals surface area (Å²) in [7, 11) is 0. The Hall–Kier alpha value is -0.410. The van der Waals surface area contributed by atoms with Gasteiger partial charge in [-0.05, 0) is 22.0 Å². The summed E-state index contributed by atoms with van der Waals surface area (Å²) in [5, 5.41) is 6.79. The van der Waals surface area contributed by atoms with Crippen LogP contribution in [0.15, 0.2) is 28.3 Å². The second-order valence-electron chi connectivity index (χ2n) is 1.34. The number of nitrogens with one attached hydrogen (secondary N) is 1. The molecule has 1 N–H and O–H groups in total. The predicted molar refractivity (Wildman–Crippen MR) is 49.3 cm³/mol. The zero-order chi connectivity index (χ0) is 7.98. The average molecular weight is 221 g/mol. The molecule has 54 valence electrons. The van der Waals surface area contributed by atoms with Gasteiger partial charge in [0, 0.05) is 16.9 Å². The van der Waals surface area contributed by atoms with Crippen molar-refractivity contribution < 1.29 is 0 Å². The van der Waals surface area contributed by atoms with Crippen LogP contribution in [-0.4, -0.2) is 11.4 Å². The van der Waals surface area contributed by atoms with Gasteiger partial charge in [-0.15, -0.1) is 0 Å². The third-order valence-corrected chi connectivity index (χ3v) is 1.11. The highest BCUT2D eigenvalue weighted by Crippen LogP contribution is 2.02. The number of hydrogen-bond donors (Lipinski definition) is 1. The molecule has 0 amide bonds. The fourth-order valence-electron chi connectivity index (χ4n) is 0.282. The SMILES string of the molecule is C=C/N=C/C(Br)=C\C(=N)Cl. The minimum atomic E-state index is -0.0395. The lowest BCUT2D eigenvalue weighted by molar-refractivity contribution is 1.56. The first-order chi connectivity index (χ1) is 4.66. The number of rotatable bonds is 3. The Bertz CT molecular complexity index is 196. The van der Waals surface area contributed by atoms with E-state index in [1.165, 1.54) is 18.5 Å². The van der Waals surface area contributed by atoms with Crippen molar-refractivity contribution in [2.45, 2.75) is 0 Å². The van der Waals surface area contributed by atoms with Crippen molar-refractivity contribution in [1.82, 2.24) is 0 Å². The van der Waals surface area contributed by atoms with Gasteiger partial charge in [-0.1, -0.05) is 18.2 Å². The molecule has 4 heteroatoms. The van der Waals surface area contributed by atoms with Gasteiger partial charge in [0.05, 0.1) is 0 Å². The molecule has 0 fully saturated rings. The van der Waals surface area contributed by atoms with Crippen molar-refractivity contribution in [3.05, 3.63) is 23.3 Å². The van der Waals surface area contributed by atoms with Crippen LogP contribution >= 0.6 is 27.5 Å². The Labute approximate surface area is 72.9 Å². The molecule has 0 aromatic heterocycles. The normalized spacial score (nSPS) is 12.0. The summed E-state index contributed by atoms with van der Waals surface area (Å²) in [5.74, 6) is 0. The summed E-state index contributed by atoms with van der Waals surface area (Å²) in [4.78, 5) is 3.69. The number of aliphatic imine (C=N–C) groups is 1. The zero-order valence-electron chi connectivity index (χ0n) is 5.14. The summed E-state index contributed by atoms with van der Waals surface area (Å²) in [5.41, 5.74) is 0. The highest BCUT2D eigenvalue weighted by Gasteiger charge is 1.85. The van der Waals surface area contributed by atoms with Crippen molar-refractivity contribution in [3.8, 4) is 0 Å². The standard InChI is InChI=1S/C6H6BrClN2/c1-2-10-4-5(7)3-6(8)9/h2-4,9H,1H2/b5-3+,9-6?,10-4+. The lowest BCUT2D eigenvalue weighted by atomic mass is 10.5. The molecule has 2 nitrogen and oxygen atoms in total. The summed E-state index contributed by atoms with van der Waals surface area (Å²) in [6.07, 6.45) is 4.32. The summed E-state index contributed by atoms with van der Waals surface area (Å²) >= 11 is 8.36. The predicted octanol–water partition coefficient (Wildman–Crippen LogP) is 2.70. The van der Waals surface area contributed by atoms with Crippen molar-refractivity contribution in [3.63, 3.8) is 0 Å². The molecule has 0 aromatic carbocycles. The Morgan fingerprint density at radius 2 is 2.30 bits per heavy atom. The van der Waals surface area contributed by atoms with Crippen molar-refractivity contribution in [1.29, 1.82) is 5.41 Å². The molecular weight excluding hydrogens is 215 g/mol. The van der Waals surface area contributed by atoms with Gasteiger partial charge in [0.25, 0.3) is 0 Å². The van der Waals surface area contributed by atoms with E-state index in [1.54, 1.807) is 0 Å². The van der Waals surface area contributed by atoms with E-state index < -0.39 is 0 Å². The largest absolute Gasteiger partial charge is 0.289 e. The minimum absolute atomic E-state index is 0.0395. The minimum Gasteiger partial charge on any atom is -0.289 e. The smallest absolute Gasteiger partial charge is 0.121 e. The molecule has 0 unspecified atom stereocenters. The number of nitrogens with zero attached hydrogens (tertiary/aromatic N) is 1. The molecule has 0 aromatic rings. The molecule has 0 aliphatic heterocycles. The lowest BCUT2D eigenvalue weighted by Gasteiger charge is -1.83. The van der Waals surface area contributed by atoms with Gasteiger partial charge in [0.15, 0.2) is 0 Å². The van der Waals surface area contributed by atoms with E-state index in [2.05, 4.69) is 27.5 Å². The first-order valence-electron chi connectivity index (χ1n) is 2.42. The van der Waals surface area contributed by atoms with Gasteiger partial charge in [0.2, 0.25) is 0 Å². The van der Waals surface area contributed by atoms with Crippen LogP contribution in [0.4, 0.5) is 0 Å². The maximum atomic E-state index is 6.83. The van der Waals surface area contributed by atoms with Crippen LogP contribution in [-0.2, 0) is 0 Å². The van der Waals surface area contributed by atoms with Crippen LogP contribution in [0.25, 0.3) is 0 Å². The third kappa shape index (κ3) is 5.72. The van der Waals surface area contributed by atoms with Gasteiger partial charge in [0.1, 0.15) is 5.17 Å². The van der Waals surface area contributed by atoms with Gasteiger partial charge in [-0.3, -0.25) is 10.4 Å². The van der Waals surface area contributed by atoms with E-state index in [9.17, 15) is 0 Å². The van der Waals surface area contributed by atoms with Crippen LogP contribution in [0.3, 0.4) is 0 Å². The molecule has 0 bridgehead atoms. The van der Waals surface area contributed by atoms with E-state index in [0.717, 1.165) is 0 Å². The average Bonchev–Trinajstić information content (AvgIpc) is 1.82. The van der Waals surface area contributed by atoms with E-state index in [4.69, 9.17) is 17.0 Å². The van der Waals surface area contributed by atoms with Gasteiger partial charge >= 0.3 is 0 Å². The molecule has 0 saturated heterocycles. The maximum Gasteiger partial charge on any atom is 0.121 e. The maximum absolute atomic E-state index is 6.83. The van der Waals surface area contributed by atoms with E-state index in [0.29, 0.717) is 4.48 Å². The van der Waals surface area contributed by atoms with Crippen LogP contribution in [0.1, 0.15) is 0 Å². The monoisotopic (exact) mass is 220 g/mol. The van der Waals surface area contributed by atoms with Gasteiger partial charge in [-0.2, -0.15) is 0 Å². The Kier molecular flexibility index (Phi) is 5.16. The second-order valence-corrected chi connectivity index (χ2v) is 2.66. The summed E-state index contributed by atoms with van der Waals surface area (Å²) < 4.78 is 0.646. The Morgan fingerprint density at radius 3 is 2.70 bits per heavy atom. The molecule has 0 saturated carbocycles. The molecule has 0 atom stereocenters. The highest BCUT2D eigenvalue weighted by atomic mass is 79.9. The van der Waals surface area contributed by atoms with E-state index >= 15 is 0 Å². The van der Waals surface area contributed by atoms with Crippen LogP contribution in [0.5, 0.6) is 0 Å². The molecule has 0 rings (SSSR count). The van der Waals surface area contributed by atoms with Gasteiger partial charge in [-0.25, -0.2) is 0 Å². The third-order valence-electron chi connectivity index (χ3n) is 0.568. The molecule has 0 heterocycles. The molecule has 10 heavy (non-hydrogen) atoms. The lowest BCUT2D eigenvalue weighted by Crippen LogP contribution is -1.78. The zero-order valence-corrected chi connectivity index (χ0v) is 7.48. The molecular formula is C6H6BrClN2. The molecule has 0 aliphatic rings. The summed E-state index contributed by atoms with van der Waals surface area (Å²) in [6.45, 7) is 3.38. The molecule has 0 radical (unpaired) electrons. The Morgan fingerprint density at radius 1 is 1.70 bits per heavy atom. The quantitative estimate of drug-likeness (QED) is 0.712. The number of halogens is 2. The first-order valence-corrected chi connectivity index (χ1v) is 3.59. The number of hydrogen-bond acceptors (Lipinski definition) is 2. The topological polar surface area (TPSA) is 36.2 Å². The van der Waals surface area contributed by atoms with E-state index in [1.807, 2.05) is 0 Å². The second kappa shape index (κ2) is 5.38. The fraction of sp³-hybridized carbons (Fsp3) is 0. The first kappa shape index (κ1) is 9.59. The number of allylic oxidation sites excluding steroid dienone is 2. The molecule has 0 spiro atoms. The highest BCUT2D eigenvalue weighted by molar-refractivity contribution is 9.12. The van der Waals surface area contributed by atoms with Crippen LogP contribution in [0, 0.1) is 5.41 Å². The fourth-order valence-corrected chi connectivity index (χ4v) is 0.879. The molecule has 0 aliphatic carbocycles. The van der Waals surface area contributed by atoms with Crippen LogP contribution < -0.4 is 0 Å². The van der Waals surface area contributed by atoms with Crippen LogP contribution in [0.2, 0.25) is 0 Å². The van der Waals surface area contributed by atoms with Crippen molar-refractivity contribution in [2.24, 2.45) is 4.99 Å². The van der Waals surface area contributed by atoms with Gasteiger partial charge < -0.3 is 0 Å². The van der Waals surface area contributed by atoms with Crippen molar-refractivity contribution >= 4 is 38.9 Å². The van der Waals surface area contributed by atoms with Crippen molar-refractivity contribution in [2.75, 3.05) is 0 Å².